The third-order valence-electron chi connectivity index (χ3n) is 2.54. The molecule has 1 aliphatic carbocycles. The summed E-state index contributed by atoms with van der Waals surface area (Å²) in [6, 6.07) is 0. The molecule has 0 radical (unpaired) electrons. The molecule has 1 nitrogen and oxygen atoms in total. The van der Waals surface area contributed by atoms with Gasteiger partial charge in [-0.05, 0) is 12.8 Å². The van der Waals surface area contributed by atoms with Gasteiger partial charge < -0.3 is 0 Å². The van der Waals surface area contributed by atoms with Crippen molar-refractivity contribution >= 4 is 6.21 Å². The molecule has 13 heavy (non-hydrogen) atoms. The van der Waals surface area contributed by atoms with Crippen molar-refractivity contribution in [1.29, 1.82) is 0 Å². The van der Waals surface area contributed by atoms with Crippen molar-refractivity contribution in [2.75, 3.05) is 0 Å². The van der Waals surface area contributed by atoms with Gasteiger partial charge in [0.2, 0.25) is 0 Å². The molecule has 2 rings (SSSR count). The summed E-state index contributed by atoms with van der Waals surface area (Å²) >= 11 is 0. The molecule has 0 fully saturated rings. The van der Waals surface area contributed by atoms with Crippen molar-refractivity contribution in [3.8, 4) is 0 Å². The van der Waals surface area contributed by atoms with Crippen LogP contribution >= 0.6 is 0 Å². The van der Waals surface area contributed by atoms with Crippen molar-refractivity contribution in [3.05, 3.63) is 35.1 Å². The smallest absolute Gasteiger partial charge is 0.0482 e. The standard InChI is InChI=1S/C12H15N/c1-2-3-4-8-12-11-7-5-6-10(11)9-13-12/h5-7,9H,2-4,8H2,1H3. The van der Waals surface area contributed by atoms with E-state index in [0.717, 1.165) is 6.42 Å². The van der Waals surface area contributed by atoms with Gasteiger partial charge in [-0.15, -0.1) is 0 Å². The van der Waals surface area contributed by atoms with Crippen LogP contribution < -0.4 is 0 Å². The zero-order chi connectivity index (χ0) is 9.10. The average Bonchev–Trinajstić information content (AvgIpc) is 2.68. The number of hydrogen-bond donors (Lipinski definition) is 0. The van der Waals surface area contributed by atoms with Crippen LogP contribution in [0.1, 0.15) is 32.6 Å². The van der Waals surface area contributed by atoms with E-state index in [1.54, 1.807) is 0 Å². The number of rotatable bonds is 4. The van der Waals surface area contributed by atoms with E-state index in [4.69, 9.17) is 0 Å². The molecule has 0 atom stereocenters. The van der Waals surface area contributed by atoms with E-state index in [0.29, 0.717) is 0 Å². The monoisotopic (exact) mass is 173 g/mol. The molecule has 0 saturated carbocycles. The van der Waals surface area contributed by atoms with E-state index in [9.17, 15) is 0 Å². The fourth-order valence-electron chi connectivity index (χ4n) is 1.77. The van der Waals surface area contributed by atoms with Gasteiger partial charge in [0, 0.05) is 23.1 Å². The van der Waals surface area contributed by atoms with E-state index >= 15 is 0 Å². The maximum Gasteiger partial charge on any atom is 0.0482 e. The van der Waals surface area contributed by atoms with E-state index in [2.05, 4.69) is 30.1 Å². The fourth-order valence-corrected chi connectivity index (χ4v) is 1.77. The SMILES string of the molecule is CCCCCC1=C2C=CC=C2C=N1. The lowest BCUT2D eigenvalue weighted by Crippen LogP contribution is -1.82. The van der Waals surface area contributed by atoms with Gasteiger partial charge in [0.15, 0.2) is 0 Å². The number of nitrogens with zero attached hydrogens (tertiary/aromatic N) is 1. The van der Waals surface area contributed by atoms with E-state index in [1.807, 2.05) is 6.21 Å². The molecule has 0 unspecified atom stereocenters. The summed E-state index contributed by atoms with van der Waals surface area (Å²) in [6.45, 7) is 2.23. The second-order valence-electron chi connectivity index (χ2n) is 3.56. The van der Waals surface area contributed by atoms with Crippen LogP contribution in [-0.2, 0) is 0 Å². The van der Waals surface area contributed by atoms with Crippen molar-refractivity contribution in [2.24, 2.45) is 4.99 Å². The summed E-state index contributed by atoms with van der Waals surface area (Å²) < 4.78 is 0. The number of hydrogen-bond acceptors (Lipinski definition) is 1. The normalized spacial score (nSPS) is 18.4. The Kier molecular flexibility index (Phi) is 2.44. The maximum absolute atomic E-state index is 4.43. The van der Waals surface area contributed by atoms with Gasteiger partial charge >= 0.3 is 0 Å². The Balaban J connectivity index is 1.99. The highest BCUT2D eigenvalue weighted by Crippen LogP contribution is 2.29. The van der Waals surface area contributed by atoms with Gasteiger partial charge in [-0.3, -0.25) is 4.99 Å². The molecule has 1 heterocycles. The first-order valence-electron chi connectivity index (χ1n) is 5.08. The number of unbranched alkanes of at least 4 members (excludes halogenated alkanes) is 2. The minimum Gasteiger partial charge on any atom is -0.260 e. The molecule has 0 N–H and O–H groups in total. The Morgan fingerprint density at radius 3 is 3.08 bits per heavy atom. The topological polar surface area (TPSA) is 12.4 Å². The fraction of sp³-hybridized carbons (Fsp3) is 0.417. The number of aliphatic imine (C=N–C) groups is 1. The highest BCUT2D eigenvalue weighted by molar-refractivity contribution is 5.92. The zero-order valence-corrected chi connectivity index (χ0v) is 8.09. The zero-order valence-electron chi connectivity index (χ0n) is 8.09. The highest BCUT2D eigenvalue weighted by Gasteiger charge is 2.14. The molecular formula is C12H15N. The Morgan fingerprint density at radius 2 is 2.23 bits per heavy atom. The van der Waals surface area contributed by atoms with Gasteiger partial charge in [-0.2, -0.15) is 0 Å². The molecule has 1 aliphatic heterocycles. The largest absolute Gasteiger partial charge is 0.260 e. The van der Waals surface area contributed by atoms with Gasteiger partial charge in [0.25, 0.3) is 0 Å². The molecule has 2 aliphatic rings. The van der Waals surface area contributed by atoms with Crippen LogP contribution in [-0.4, -0.2) is 6.21 Å². The van der Waals surface area contributed by atoms with Crippen LogP contribution in [0.2, 0.25) is 0 Å². The van der Waals surface area contributed by atoms with Gasteiger partial charge in [0.05, 0.1) is 0 Å². The first kappa shape index (κ1) is 8.49. The third kappa shape index (κ3) is 1.64. The van der Waals surface area contributed by atoms with Crippen LogP contribution in [0, 0.1) is 0 Å². The molecule has 0 spiro atoms. The van der Waals surface area contributed by atoms with Crippen molar-refractivity contribution < 1.29 is 0 Å². The summed E-state index contributed by atoms with van der Waals surface area (Å²) in [7, 11) is 0. The molecule has 0 aromatic rings. The van der Waals surface area contributed by atoms with Crippen LogP contribution in [0.4, 0.5) is 0 Å². The van der Waals surface area contributed by atoms with E-state index in [1.165, 1.54) is 36.1 Å². The van der Waals surface area contributed by atoms with Crippen molar-refractivity contribution in [1.82, 2.24) is 0 Å². The first-order chi connectivity index (χ1) is 6.42. The predicted molar refractivity (Wildman–Crippen MR) is 56.9 cm³/mol. The summed E-state index contributed by atoms with van der Waals surface area (Å²) in [4.78, 5) is 4.43. The van der Waals surface area contributed by atoms with Crippen molar-refractivity contribution in [2.45, 2.75) is 32.6 Å². The van der Waals surface area contributed by atoms with E-state index < -0.39 is 0 Å². The van der Waals surface area contributed by atoms with Gasteiger partial charge in [-0.1, -0.05) is 38.0 Å². The third-order valence-corrected chi connectivity index (χ3v) is 2.54. The van der Waals surface area contributed by atoms with Crippen LogP contribution in [0.15, 0.2) is 40.1 Å². The van der Waals surface area contributed by atoms with Crippen molar-refractivity contribution in [3.63, 3.8) is 0 Å². The summed E-state index contributed by atoms with van der Waals surface area (Å²) in [5.41, 5.74) is 3.94. The lowest BCUT2D eigenvalue weighted by atomic mass is 10.1. The Hall–Kier alpha value is -1.11. The lowest BCUT2D eigenvalue weighted by molar-refractivity contribution is 0.710. The Morgan fingerprint density at radius 1 is 1.31 bits per heavy atom. The minimum atomic E-state index is 1.14. The summed E-state index contributed by atoms with van der Waals surface area (Å²) in [5, 5.41) is 0. The molecule has 0 amide bonds. The highest BCUT2D eigenvalue weighted by atomic mass is 14.8. The lowest BCUT2D eigenvalue weighted by Gasteiger charge is -1.99. The maximum atomic E-state index is 4.43. The van der Waals surface area contributed by atoms with Gasteiger partial charge in [-0.25, -0.2) is 0 Å². The molecule has 68 valence electrons. The predicted octanol–water partition coefficient (Wildman–Crippen LogP) is 3.40. The summed E-state index contributed by atoms with van der Waals surface area (Å²) in [5.74, 6) is 0. The minimum absolute atomic E-state index is 1.14. The quantitative estimate of drug-likeness (QED) is 0.578. The van der Waals surface area contributed by atoms with Gasteiger partial charge in [0.1, 0.15) is 0 Å². The Bertz CT molecular complexity index is 316. The molecule has 0 aromatic heterocycles. The second kappa shape index (κ2) is 3.73. The average molecular weight is 173 g/mol. The van der Waals surface area contributed by atoms with Crippen LogP contribution in [0.25, 0.3) is 0 Å². The first-order valence-corrected chi connectivity index (χ1v) is 5.08. The Labute approximate surface area is 79.6 Å². The van der Waals surface area contributed by atoms with Crippen LogP contribution in [0.3, 0.4) is 0 Å². The number of allylic oxidation sites excluding steroid dienone is 6. The number of fused-ring (bicyclic) bond motifs is 1. The summed E-state index contributed by atoms with van der Waals surface area (Å²) in [6.07, 6.45) is 13.4. The van der Waals surface area contributed by atoms with E-state index in [-0.39, 0.29) is 0 Å². The molecule has 0 bridgehead atoms. The van der Waals surface area contributed by atoms with Crippen LogP contribution in [0.5, 0.6) is 0 Å². The molecule has 0 aromatic carbocycles. The second-order valence-corrected chi connectivity index (χ2v) is 3.56. The molecule has 0 saturated heterocycles. The molecular weight excluding hydrogens is 158 g/mol. The molecule has 1 heteroatoms.